The van der Waals surface area contributed by atoms with Crippen LogP contribution in [0.3, 0.4) is 0 Å². The van der Waals surface area contributed by atoms with Gasteiger partial charge in [0.05, 0.1) is 11.2 Å². The van der Waals surface area contributed by atoms with Crippen LogP contribution in [0.15, 0.2) is 47.4 Å². The van der Waals surface area contributed by atoms with Crippen LogP contribution in [-0.2, 0) is 4.79 Å². The van der Waals surface area contributed by atoms with Gasteiger partial charge in [0.25, 0.3) is 0 Å². The molecule has 2 aromatic carbocycles. The summed E-state index contributed by atoms with van der Waals surface area (Å²) in [6.07, 6.45) is 3.54. The maximum atomic E-state index is 13.1. The molecule has 3 aliphatic rings. The molecule has 1 fully saturated rings. The van der Waals surface area contributed by atoms with E-state index < -0.39 is 0 Å². The quantitative estimate of drug-likeness (QED) is 0.784. The van der Waals surface area contributed by atoms with Gasteiger partial charge < -0.3 is 15.5 Å². The Balaban J connectivity index is 1.39. The van der Waals surface area contributed by atoms with Crippen molar-refractivity contribution in [1.29, 1.82) is 0 Å². The van der Waals surface area contributed by atoms with E-state index in [0.717, 1.165) is 38.2 Å². The fraction of sp³-hybridized carbons (Fsp3) is 0.435. The van der Waals surface area contributed by atoms with Crippen LogP contribution < -0.4 is 15.5 Å². The molecule has 0 spiro atoms. The highest BCUT2D eigenvalue weighted by atomic mass is 32.2. The van der Waals surface area contributed by atoms with E-state index in [0.29, 0.717) is 18.0 Å². The Bertz CT molecular complexity index is 919. The number of hydrogen-bond donors (Lipinski definition) is 2. The molecule has 2 atom stereocenters. The molecule has 2 N–H and O–H groups in total. The minimum Gasteiger partial charge on any atom is -0.364 e. The Kier molecular flexibility index (Phi) is 5.00. The van der Waals surface area contributed by atoms with E-state index in [9.17, 15) is 9.18 Å². The summed E-state index contributed by atoms with van der Waals surface area (Å²) < 4.78 is 13.1. The lowest BCUT2D eigenvalue weighted by Crippen LogP contribution is -2.56. The maximum absolute atomic E-state index is 13.1. The van der Waals surface area contributed by atoms with Crippen LogP contribution >= 0.6 is 11.8 Å². The van der Waals surface area contributed by atoms with Crippen molar-refractivity contribution in [2.45, 2.75) is 42.0 Å². The van der Waals surface area contributed by atoms with E-state index in [2.05, 4.69) is 33.7 Å². The van der Waals surface area contributed by atoms with Gasteiger partial charge in [-0.05, 0) is 67.5 Å². The second kappa shape index (κ2) is 7.65. The number of benzene rings is 2. The minimum atomic E-state index is -0.294. The monoisotopic (exact) mass is 411 g/mol. The van der Waals surface area contributed by atoms with Crippen molar-refractivity contribution < 1.29 is 9.18 Å². The third kappa shape index (κ3) is 3.32. The molecule has 0 radical (unpaired) electrons. The normalized spacial score (nSPS) is 25.1. The Hall–Kier alpha value is -2.05. The molecular formula is C23H26FN3OS. The van der Waals surface area contributed by atoms with E-state index in [4.69, 9.17) is 0 Å². The highest BCUT2D eigenvalue weighted by molar-refractivity contribution is 7.99. The first-order valence-electron chi connectivity index (χ1n) is 10.5. The first-order chi connectivity index (χ1) is 14.2. The molecule has 152 valence electrons. The lowest BCUT2D eigenvalue weighted by atomic mass is 9.74. The molecule has 0 unspecified atom stereocenters. The van der Waals surface area contributed by atoms with E-state index in [1.807, 2.05) is 11.8 Å². The van der Waals surface area contributed by atoms with Crippen LogP contribution in [0.25, 0.3) is 0 Å². The average molecular weight is 412 g/mol. The number of hydrogen-bond acceptors (Lipinski definition) is 4. The second-order valence-electron chi connectivity index (χ2n) is 8.21. The first-order valence-corrected chi connectivity index (χ1v) is 11.5. The lowest BCUT2D eigenvalue weighted by Gasteiger charge is -2.47. The van der Waals surface area contributed by atoms with Crippen LogP contribution in [0.1, 0.15) is 37.2 Å². The molecule has 5 rings (SSSR count). The predicted octanol–water partition coefficient (Wildman–Crippen LogP) is 4.38. The molecule has 29 heavy (non-hydrogen) atoms. The molecule has 6 heteroatoms. The van der Waals surface area contributed by atoms with Gasteiger partial charge in [-0.15, -0.1) is 11.8 Å². The van der Waals surface area contributed by atoms with Gasteiger partial charge in [-0.2, -0.15) is 0 Å². The molecule has 0 bridgehead atoms. The number of anilines is 2. The highest BCUT2D eigenvalue weighted by Crippen LogP contribution is 2.56. The van der Waals surface area contributed by atoms with Crippen LogP contribution in [-0.4, -0.2) is 36.8 Å². The van der Waals surface area contributed by atoms with Gasteiger partial charge in [0, 0.05) is 36.0 Å². The molecule has 3 aliphatic heterocycles. The number of para-hydroxylation sites is 1. The summed E-state index contributed by atoms with van der Waals surface area (Å²) in [7, 11) is 0. The predicted molar refractivity (Wildman–Crippen MR) is 116 cm³/mol. The molecule has 0 aliphatic carbocycles. The van der Waals surface area contributed by atoms with Gasteiger partial charge in [-0.1, -0.05) is 12.1 Å². The fourth-order valence-corrected chi connectivity index (χ4v) is 6.38. The van der Waals surface area contributed by atoms with Crippen molar-refractivity contribution in [3.05, 3.63) is 53.8 Å². The van der Waals surface area contributed by atoms with Crippen LogP contribution in [0.2, 0.25) is 0 Å². The summed E-state index contributed by atoms with van der Waals surface area (Å²) in [6, 6.07) is 12.7. The van der Waals surface area contributed by atoms with Gasteiger partial charge in [0.15, 0.2) is 0 Å². The van der Waals surface area contributed by atoms with Crippen LogP contribution in [0, 0.1) is 5.82 Å². The SMILES string of the molecule is O=C(CC[C@]12CCNC[C@H]1c1cccc3c1N2CCCS3)Nc1ccc(F)cc1. The smallest absolute Gasteiger partial charge is 0.224 e. The molecule has 0 aromatic heterocycles. The number of carbonyl (C=O) groups is 1. The number of nitrogens with one attached hydrogen (secondary N) is 2. The molecule has 1 amide bonds. The fourth-order valence-electron chi connectivity index (χ4n) is 5.35. The number of nitrogens with zero attached hydrogens (tertiary/aromatic N) is 1. The zero-order valence-corrected chi connectivity index (χ0v) is 17.2. The number of rotatable bonds is 4. The summed E-state index contributed by atoms with van der Waals surface area (Å²) in [4.78, 5) is 16.7. The van der Waals surface area contributed by atoms with Gasteiger partial charge in [0.2, 0.25) is 5.91 Å². The molecule has 3 heterocycles. The van der Waals surface area contributed by atoms with Gasteiger partial charge in [-0.3, -0.25) is 4.79 Å². The molecular weight excluding hydrogens is 385 g/mol. The number of carbonyl (C=O) groups excluding carboxylic acids is 1. The standard InChI is InChI=1S/C23H26FN3OS/c24-16-5-7-17(8-6-16)26-21(28)9-10-23-11-12-25-15-19(23)18-3-1-4-20-22(18)27(23)13-2-14-29-20/h1,3-8,19,25H,2,9-15H2,(H,26,28)/t19-,23-/m0/s1. The zero-order valence-electron chi connectivity index (χ0n) is 16.4. The Morgan fingerprint density at radius 2 is 2.14 bits per heavy atom. The number of fused-ring (bicyclic) bond motifs is 3. The lowest BCUT2D eigenvalue weighted by molar-refractivity contribution is -0.116. The summed E-state index contributed by atoms with van der Waals surface area (Å²) in [5, 5.41) is 6.52. The van der Waals surface area contributed by atoms with Crippen LogP contribution in [0.5, 0.6) is 0 Å². The third-order valence-electron chi connectivity index (χ3n) is 6.64. The second-order valence-corrected chi connectivity index (χ2v) is 9.35. The van der Waals surface area contributed by atoms with E-state index in [1.165, 1.54) is 34.7 Å². The van der Waals surface area contributed by atoms with E-state index in [1.54, 1.807) is 12.1 Å². The maximum Gasteiger partial charge on any atom is 0.224 e. The van der Waals surface area contributed by atoms with Gasteiger partial charge in [0.1, 0.15) is 5.82 Å². The molecule has 2 aromatic rings. The van der Waals surface area contributed by atoms with Gasteiger partial charge in [-0.25, -0.2) is 4.39 Å². The van der Waals surface area contributed by atoms with Crippen molar-refractivity contribution in [2.24, 2.45) is 0 Å². The highest BCUT2D eigenvalue weighted by Gasteiger charge is 2.53. The Labute approximate surface area is 175 Å². The third-order valence-corrected chi connectivity index (χ3v) is 7.77. The molecule has 4 nitrogen and oxygen atoms in total. The topological polar surface area (TPSA) is 44.4 Å². The van der Waals surface area contributed by atoms with Crippen molar-refractivity contribution >= 4 is 29.0 Å². The Morgan fingerprint density at radius 3 is 3.00 bits per heavy atom. The van der Waals surface area contributed by atoms with Crippen molar-refractivity contribution in [1.82, 2.24) is 5.32 Å². The minimum absolute atomic E-state index is 0.00337. The average Bonchev–Trinajstić information content (AvgIpc) is 2.86. The van der Waals surface area contributed by atoms with Crippen LogP contribution in [0.4, 0.5) is 15.8 Å². The van der Waals surface area contributed by atoms with E-state index in [-0.39, 0.29) is 17.3 Å². The summed E-state index contributed by atoms with van der Waals surface area (Å²) in [6.45, 7) is 3.02. The van der Waals surface area contributed by atoms with E-state index >= 15 is 0 Å². The number of piperidine rings is 1. The molecule has 1 saturated heterocycles. The number of thioether (sulfide) groups is 1. The largest absolute Gasteiger partial charge is 0.364 e. The zero-order chi connectivity index (χ0) is 19.8. The first kappa shape index (κ1) is 18.9. The number of amides is 1. The van der Waals surface area contributed by atoms with Gasteiger partial charge >= 0.3 is 0 Å². The molecule has 0 saturated carbocycles. The van der Waals surface area contributed by atoms with Crippen molar-refractivity contribution in [3.63, 3.8) is 0 Å². The van der Waals surface area contributed by atoms with Crippen molar-refractivity contribution in [2.75, 3.05) is 35.6 Å². The summed E-state index contributed by atoms with van der Waals surface area (Å²) >= 11 is 1.97. The van der Waals surface area contributed by atoms with Crippen molar-refractivity contribution in [3.8, 4) is 0 Å². The summed E-state index contributed by atoms with van der Waals surface area (Å²) in [5.41, 5.74) is 3.53. The number of halogens is 1. The Morgan fingerprint density at radius 1 is 1.28 bits per heavy atom. The summed E-state index contributed by atoms with van der Waals surface area (Å²) in [5.74, 6) is 1.28.